The summed E-state index contributed by atoms with van der Waals surface area (Å²) < 4.78 is 0. The summed E-state index contributed by atoms with van der Waals surface area (Å²) in [6, 6.07) is 8.14. The number of guanidine groups is 1. The number of carbonyl (C=O) groups is 1. The molecular formula is C18H28ClIN4O. The third kappa shape index (κ3) is 8.76. The Kier molecular flexibility index (Phi) is 10.9. The summed E-state index contributed by atoms with van der Waals surface area (Å²) in [4.78, 5) is 16.1. The van der Waals surface area contributed by atoms with Crippen molar-refractivity contribution >= 4 is 47.4 Å². The minimum atomic E-state index is 0. The van der Waals surface area contributed by atoms with Crippen molar-refractivity contribution in [3.63, 3.8) is 0 Å². The number of benzene rings is 1. The van der Waals surface area contributed by atoms with Crippen molar-refractivity contribution in [2.45, 2.75) is 44.6 Å². The number of nitrogens with zero attached hydrogens (tertiary/aromatic N) is 1. The molecule has 140 valence electrons. The lowest BCUT2D eigenvalue weighted by Crippen LogP contribution is -2.46. The summed E-state index contributed by atoms with van der Waals surface area (Å²) >= 11 is 5.88. The van der Waals surface area contributed by atoms with Gasteiger partial charge in [-0.2, -0.15) is 0 Å². The van der Waals surface area contributed by atoms with E-state index in [0.717, 1.165) is 30.8 Å². The van der Waals surface area contributed by atoms with Crippen LogP contribution in [0.4, 0.5) is 0 Å². The van der Waals surface area contributed by atoms with Gasteiger partial charge in [-0.05, 0) is 37.0 Å². The Morgan fingerprint density at radius 2 is 1.84 bits per heavy atom. The van der Waals surface area contributed by atoms with Gasteiger partial charge in [0.15, 0.2) is 5.96 Å². The number of aliphatic imine (C=N–C) groups is 1. The van der Waals surface area contributed by atoms with Gasteiger partial charge in [0.25, 0.3) is 0 Å². The quantitative estimate of drug-likeness (QED) is 0.334. The van der Waals surface area contributed by atoms with E-state index in [1.165, 1.54) is 24.8 Å². The molecule has 1 aromatic rings. The molecule has 0 heterocycles. The molecule has 1 aliphatic rings. The van der Waals surface area contributed by atoms with Crippen LogP contribution in [0.2, 0.25) is 5.02 Å². The molecule has 0 bridgehead atoms. The van der Waals surface area contributed by atoms with Gasteiger partial charge in [0.05, 0.1) is 6.54 Å². The lowest BCUT2D eigenvalue weighted by molar-refractivity contribution is -0.120. The second-order valence-corrected chi connectivity index (χ2v) is 6.57. The van der Waals surface area contributed by atoms with Crippen LogP contribution in [0.1, 0.15) is 37.7 Å². The second kappa shape index (κ2) is 12.4. The van der Waals surface area contributed by atoms with Gasteiger partial charge in [0.2, 0.25) is 5.91 Å². The average molecular weight is 479 g/mol. The van der Waals surface area contributed by atoms with Crippen LogP contribution in [0, 0.1) is 0 Å². The smallest absolute Gasteiger partial charge is 0.239 e. The van der Waals surface area contributed by atoms with Gasteiger partial charge >= 0.3 is 0 Å². The molecule has 1 saturated carbocycles. The first kappa shape index (κ1) is 22.0. The maximum Gasteiger partial charge on any atom is 0.239 e. The lowest BCUT2D eigenvalue weighted by Gasteiger charge is -2.23. The molecule has 3 N–H and O–H groups in total. The predicted octanol–water partition coefficient (Wildman–Crippen LogP) is 3.11. The van der Waals surface area contributed by atoms with Crippen LogP contribution in [0.25, 0.3) is 0 Å². The molecule has 7 heteroatoms. The van der Waals surface area contributed by atoms with E-state index in [1.807, 2.05) is 24.3 Å². The highest BCUT2D eigenvalue weighted by molar-refractivity contribution is 14.0. The van der Waals surface area contributed by atoms with E-state index < -0.39 is 0 Å². The van der Waals surface area contributed by atoms with Gasteiger partial charge in [-0.3, -0.25) is 9.79 Å². The van der Waals surface area contributed by atoms with Crippen LogP contribution >= 0.6 is 35.6 Å². The van der Waals surface area contributed by atoms with Crippen LogP contribution in [-0.4, -0.2) is 38.0 Å². The topological polar surface area (TPSA) is 65.5 Å². The van der Waals surface area contributed by atoms with Gasteiger partial charge in [0, 0.05) is 24.7 Å². The molecule has 0 atom stereocenters. The summed E-state index contributed by atoms with van der Waals surface area (Å²) in [5.41, 5.74) is 1.21. The van der Waals surface area contributed by atoms with Crippen molar-refractivity contribution < 1.29 is 4.79 Å². The van der Waals surface area contributed by atoms with Gasteiger partial charge in [-0.25, -0.2) is 0 Å². The zero-order valence-corrected chi connectivity index (χ0v) is 17.8. The van der Waals surface area contributed by atoms with Crippen molar-refractivity contribution in [2.24, 2.45) is 4.99 Å². The number of carbonyl (C=O) groups excluding carboxylic acids is 1. The Balaban J connectivity index is 0.00000312. The van der Waals surface area contributed by atoms with Gasteiger partial charge in [-0.1, -0.05) is 43.0 Å². The number of rotatable bonds is 6. The highest BCUT2D eigenvalue weighted by atomic mass is 127. The van der Waals surface area contributed by atoms with Crippen molar-refractivity contribution in [2.75, 3.05) is 20.1 Å². The average Bonchev–Trinajstić information content (AvgIpc) is 2.60. The Hall–Kier alpha value is -1.02. The van der Waals surface area contributed by atoms with E-state index in [0.29, 0.717) is 12.0 Å². The van der Waals surface area contributed by atoms with E-state index >= 15 is 0 Å². The molecule has 2 rings (SSSR count). The normalized spacial score (nSPS) is 15.2. The standard InChI is InChI=1S/C18H27ClN4O.HI/c1-20-18(21-12-11-14-7-9-15(19)10-8-14)22-13-17(24)23-16-5-3-2-4-6-16;/h7-10,16H,2-6,11-13H2,1H3,(H,23,24)(H2,20,21,22);1H. The Morgan fingerprint density at radius 3 is 2.48 bits per heavy atom. The molecule has 0 aromatic heterocycles. The van der Waals surface area contributed by atoms with Crippen molar-refractivity contribution in [3.05, 3.63) is 34.9 Å². The molecule has 1 aromatic carbocycles. The van der Waals surface area contributed by atoms with Crippen molar-refractivity contribution in [1.29, 1.82) is 0 Å². The molecule has 0 aliphatic heterocycles. The number of amides is 1. The first-order valence-corrected chi connectivity index (χ1v) is 9.03. The lowest BCUT2D eigenvalue weighted by atomic mass is 9.95. The fraction of sp³-hybridized carbons (Fsp3) is 0.556. The molecule has 0 saturated heterocycles. The molecule has 1 aliphatic carbocycles. The number of hydrogen-bond donors (Lipinski definition) is 3. The molecule has 25 heavy (non-hydrogen) atoms. The fourth-order valence-electron chi connectivity index (χ4n) is 2.89. The van der Waals surface area contributed by atoms with E-state index in [2.05, 4.69) is 20.9 Å². The monoisotopic (exact) mass is 478 g/mol. The van der Waals surface area contributed by atoms with E-state index in [1.54, 1.807) is 7.05 Å². The van der Waals surface area contributed by atoms with Gasteiger partial charge < -0.3 is 16.0 Å². The maximum absolute atomic E-state index is 12.0. The molecule has 1 amide bonds. The molecular weight excluding hydrogens is 451 g/mol. The first-order valence-electron chi connectivity index (χ1n) is 8.65. The zero-order valence-electron chi connectivity index (χ0n) is 14.7. The minimum Gasteiger partial charge on any atom is -0.356 e. The molecule has 0 unspecified atom stereocenters. The van der Waals surface area contributed by atoms with E-state index in [-0.39, 0.29) is 36.4 Å². The van der Waals surface area contributed by atoms with Crippen LogP contribution in [-0.2, 0) is 11.2 Å². The number of hydrogen-bond acceptors (Lipinski definition) is 2. The third-order valence-corrected chi connectivity index (χ3v) is 4.48. The van der Waals surface area contributed by atoms with Crippen molar-refractivity contribution in [1.82, 2.24) is 16.0 Å². The van der Waals surface area contributed by atoms with Crippen LogP contribution in [0.15, 0.2) is 29.3 Å². The first-order chi connectivity index (χ1) is 11.7. The van der Waals surface area contributed by atoms with E-state index in [4.69, 9.17) is 11.6 Å². The molecule has 0 radical (unpaired) electrons. The van der Waals surface area contributed by atoms with Crippen LogP contribution < -0.4 is 16.0 Å². The summed E-state index contributed by atoms with van der Waals surface area (Å²) in [5.74, 6) is 0.672. The summed E-state index contributed by atoms with van der Waals surface area (Å²) in [5, 5.41) is 10.1. The van der Waals surface area contributed by atoms with E-state index in [9.17, 15) is 4.79 Å². The highest BCUT2D eigenvalue weighted by Crippen LogP contribution is 2.17. The summed E-state index contributed by atoms with van der Waals surface area (Å²) in [7, 11) is 1.71. The highest BCUT2D eigenvalue weighted by Gasteiger charge is 2.15. The van der Waals surface area contributed by atoms with Crippen molar-refractivity contribution in [3.8, 4) is 0 Å². The fourth-order valence-corrected chi connectivity index (χ4v) is 3.01. The predicted molar refractivity (Wildman–Crippen MR) is 115 cm³/mol. The largest absolute Gasteiger partial charge is 0.356 e. The Labute approximate surface area is 172 Å². The zero-order chi connectivity index (χ0) is 17.2. The second-order valence-electron chi connectivity index (χ2n) is 6.13. The van der Waals surface area contributed by atoms with Crippen LogP contribution in [0.5, 0.6) is 0 Å². The van der Waals surface area contributed by atoms with Gasteiger partial charge in [-0.15, -0.1) is 24.0 Å². The SMILES string of the molecule is CN=C(NCCc1ccc(Cl)cc1)NCC(=O)NC1CCCCC1.I. The maximum atomic E-state index is 12.0. The molecule has 5 nitrogen and oxygen atoms in total. The Morgan fingerprint density at radius 1 is 1.16 bits per heavy atom. The van der Waals surface area contributed by atoms with Crippen LogP contribution in [0.3, 0.4) is 0 Å². The molecule has 0 spiro atoms. The number of halogens is 2. The summed E-state index contributed by atoms with van der Waals surface area (Å²) in [6.45, 7) is 0.989. The third-order valence-electron chi connectivity index (χ3n) is 4.23. The number of nitrogens with one attached hydrogen (secondary N) is 3. The molecule has 1 fully saturated rings. The Bertz CT molecular complexity index is 545. The minimum absolute atomic E-state index is 0. The van der Waals surface area contributed by atoms with Gasteiger partial charge in [0.1, 0.15) is 0 Å². The summed E-state index contributed by atoms with van der Waals surface area (Å²) in [6.07, 6.45) is 6.78.